The minimum Gasteiger partial charge on any atom is -0.330 e. The molecule has 18 heavy (non-hydrogen) atoms. The van der Waals surface area contributed by atoms with Gasteiger partial charge in [-0.25, -0.2) is 23.1 Å². The molecular formula is C12H10F3N3. The zero-order valence-electron chi connectivity index (χ0n) is 9.33. The smallest absolute Gasteiger partial charge is 0.194 e. The summed E-state index contributed by atoms with van der Waals surface area (Å²) < 4.78 is 39.0. The number of hydrogen-bond acceptors (Lipinski definition) is 3. The SMILES string of the molecule is NCCc1ccnc(-c2cc(F)c(F)c(F)c2)n1. The Morgan fingerprint density at radius 2 is 1.78 bits per heavy atom. The highest BCUT2D eigenvalue weighted by atomic mass is 19.2. The number of rotatable bonds is 3. The van der Waals surface area contributed by atoms with Crippen LogP contribution in [0.1, 0.15) is 5.69 Å². The zero-order chi connectivity index (χ0) is 13.1. The highest BCUT2D eigenvalue weighted by Gasteiger charge is 2.13. The van der Waals surface area contributed by atoms with E-state index in [2.05, 4.69) is 9.97 Å². The van der Waals surface area contributed by atoms with Crippen LogP contribution in [0.5, 0.6) is 0 Å². The first-order chi connectivity index (χ1) is 8.61. The molecule has 0 radical (unpaired) electrons. The molecule has 0 unspecified atom stereocenters. The molecule has 0 fully saturated rings. The number of nitrogens with two attached hydrogens (primary N) is 1. The third-order valence-electron chi connectivity index (χ3n) is 2.36. The van der Waals surface area contributed by atoms with Crippen molar-refractivity contribution in [3.05, 3.63) is 47.5 Å². The van der Waals surface area contributed by atoms with Gasteiger partial charge >= 0.3 is 0 Å². The minimum absolute atomic E-state index is 0.0882. The second-order valence-corrected chi connectivity index (χ2v) is 3.66. The van der Waals surface area contributed by atoms with Crippen molar-refractivity contribution in [3.63, 3.8) is 0 Å². The fraction of sp³-hybridized carbons (Fsp3) is 0.167. The summed E-state index contributed by atoms with van der Waals surface area (Å²) in [6, 6.07) is 3.38. The zero-order valence-corrected chi connectivity index (χ0v) is 9.33. The average molecular weight is 253 g/mol. The Balaban J connectivity index is 2.45. The molecule has 1 aromatic heterocycles. The summed E-state index contributed by atoms with van der Waals surface area (Å²) in [7, 11) is 0. The van der Waals surface area contributed by atoms with Gasteiger partial charge in [-0.1, -0.05) is 0 Å². The molecule has 94 valence electrons. The number of nitrogens with zero attached hydrogens (tertiary/aromatic N) is 2. The number of hydrogen-bond donors (Lipinski definition) is 1. The van der Waals surface area contributed by atoms with Crippen molar-refractivity contribution >= 4 is 0 Å². The van der Waals surface area contributed by atoms with Crippen molar-refractivity contribution in [3.8, 4) is 11.4 Å². The molecule has 2 aromatic rings. The van der Waals surface area contributed by atoms with Crippen molar-refractivity contribution in [2.24, 2.45) is 5.73 Å². The summed E-state index contributed by atoms with van der Waals surface area (Å²) in [4.78, 5) is 7.99. The van der Waals surface area contributed by atoms with Gasteiger partial charge in [-0.05, 0) is 24.7 Å². The lowest BCUT2D eigenvalue weighted by atomic mass is 10.2. The lowest BCUT2D eigenvalue weighted by Gasteiger charge is -2.04. The lowest BCUT2D eigenvalue weighted by Crippen LogP contribution is -2.05. The molecule has 0 aliphatic heterocycles. The Bertz CT molecular complexity index is 549. The van der Waals surface area contributed by atoms with Crippen molar-refractivity contribution in [2.75, 3.05) is 6.54 Å². The fourth-order valence-corrected chi connectivity index (χ4v) is 1.51. The van der Waals surface area contributed by atoms with Gasteiger partial charge in [-0.3, -0.25) is 0 Å². The summed E-state index contributed by atoms with van der Waals surface area (Å²) in [6.45, 7) is 0.405. The largest absolute Gasteiger partial charge is 0.330 e. The predicted molar refractivity (Wildman–Crippen MR) is 60.1 cm³/mol. The summed E-state index contributed by atoms with van der Waals surface area (Å²) in [5.74, 6) is -3.90. The standard InChI is InChI=1S/C12H10F3N3/c13-9-5-7(6-10(14)11(9)15)12-17-4-2-8(18-12)1-3-16/h2,4-6H,1,3,16H2. The first-order valence-corrected chi connectivity index (χ1v) is 5.28. The van der Waals surface area contributed by atoms with Gasteiger partial charge in [0.2, 0.25) is 0 Å². The van der Waals surface area contributed by atoms with Crippen LogP contribution in [0.2, 0.25) is 0 Å². The first-order valence-electron chi connectivity index (χ1n) is 5.28. The van der Waals surface area contributed by atoms with E-state index in [0.717, 1.165) is 12.1 Å². The Kier molecular flexibility index (Phi) is 3.57. The van der Waals surface area contributed by atoms with Gasteiger partial charge in [0.25, 0.3) is 0 Å². The minimum atomic E-state index is -1.50. The van der Waals surface area contributed by atoms with Crippen LogP contribution in [-0.4, -0.2) is 16.5 Å². The normalized spacial score (nSPS) is 10.7. The molecule has 0 saturated carbocycles. The van der Waals surface area contributed by atoms with E-state index in [1.807, 2.05) is 0 Å². The van der Waals surface area contributed by atoms with E-state index in [9.17, 15) is 13.2 Å². The van der Waals surface area contributed by atoms with Crippen molar-refractivity contribution in [1.29, 1.82) is 0 Å². The maximum atomic E-state index is 13.1. The molecule has 1 aromatic carbocycles. The van der Waals surface area contributed by atoms with Gasteiger partial charge < -0.3 is 5.73 Å². The van der Waals surface area contributed by atoms with Gasteiger partial charge in [0.15, 0.2) is 23.3 Å². The monoisotopic (exact) mass is 253 g/mol. The molecule has 2 N–H and O–H groups in total. The number of benzene rings is 1. The molecule has 0 bridgehead atoms. The lowest BCUT2D eigenvalue weighted by molar-refractivity contribution is 0.447. The Hall–Kier alpha value is -1.95. The van der Waals surface area contributed by atoms with E-state index in [1.165, 1.54) is 6.20 Å². The van der Waals surface area contributed by atoms with Crippen LogP contribution in [0, 0.1) is 17.5 Å². The summed E-state index contributed by atoms with van der Waals surface area (Å²) in [5, 5.41) is 0. The molecule has 0 atom stereocenters. The molecule has 0 aliphatic rings. The van der Waals surface area contributed by atoms with E-state index in [-0.39, 0.29) is 11.4 Å². The number of aromatic nitrogens is 2. The summed E-state index contributed by atoms with van der Waals surface area (Å²) in [5.41, 5.74) is 6.14. The molecule has 6 heteroatoms. The van der Waals surface area contributed by atoms with Crippen molar-refractivity contribution in [1.82, 2.24) is 9.97 Å². The van der Waals surface area contributed by atoms with E-state index < -0.39 is 17.5 Å². The number of halogens is 3. The quantitative estimate of drug-likeness (QED) is 0.852. The van der Waals surface area contributed by atoms with Gasteiger partial charge in [0.1, 0.15) is 0 Å². The van der Waals surface area contributed by atoms with E-state index in [4.69, 9.17) is 5.73 Å². The predicted octanol–water partition coefficient (Wildman–Crippen LogP) is 2.06. The molecule has 0 spiro atoms. The van der Waals surface area contributed by atoms with Gasteiger partial charge in [0, 0.05) is 23.9 Å². The maximum absolute atomic E-state index is 13.1. The van der Waals surface area contributed by atoms with Gasteiger partial charge in [-0.2, -0.15) is 0 Å². The Labute approximate surface area is 101 Å². The van der Waals surface area contributed by atoms with Gasteiger partial charge in [-0.15, -0.1) is 0 Å². The third kappa shape index (κ3) is 2.48. The molecule has 1 heterocycles. The van der Waals surface area contributed by atoms with Crippen LogP contribution < -0.4 is 5.73 Å². The first kappa shape index (κ1) is 12.5. The topological polar surface area (TPSA) is 51.8 Å². The van der Waals surface area contributed by atoms with E-state index in [1.54, 1.807) is 6.07 Å². The summed E-state index contributed by atoms with van der Waals surface area (Å²) >= 11 is 0. The van der Waals surface area contributed by atoms with Crippen LogP contribution in [0.25, 0.3) is 11.4 Å². The van der Waals surface area contributed by atoms with Crippen LogP contribution in [0.15, 0.2) is 24.4 Å². The molecule has 3 nitrogen and oxygen atoms in total. The highest BCUT2D eigenvalue weighted by molar-refractivity contribution is 5.55. The molecular weight excluding hydrogens is 243 g/mol. The molecule has 0 aliphatic carbocycles. The average Bonchev–Trinajstić information content (AvgIpc) is 2.36. The van der Waals surface area contributed by atoms with E-state index >= 15 is 0 Å². The molecule has 0 amide bonds. The molecule has 0 saturated heterocycles. The van der Waals surface area contributed by atoms with Crippen LogP contribution in [0.3, 0.4) is 0 Å². The highest BCUT2D eigenvalue weighted by Crippen LogP contribution is 2.20. The van der Waals surface area contributed by atoms with Crippen LogP contribution in [0.4, 0.5) is 13.2 Å². The Morgan fingerprint density at radius 1 is 1.11 bits per heavy atom. The fourth-order valence-electron chi connectivity index (χ4n) is 1.51. The van der Waals surface area contributed by atoms with E-state index in [0.29, 0.717) is 18.7 Å². The van der Waals surface area contributed by atoms with Crippen molar-refractivity contribution in [2.45, 2.75) is 6.42 Å². The maximum Gasteiger partial charge on any atom is 0.194 e. The second-order valence-electron chi connectivity index (χ2n) is 3.66. The third-order valence-corrected chi connectivity index (χ3v) is 2.36. The van der Waals surface area contributed by atoms with Crippen LogP contribution in [-0.2, 0) is 6.42 Å². The van der Waals surface area contributed by atoms with Crippen molar-refractivity contribution < 1.29 is 13.2 Å². The summed E-state index contributed by atoms with van der Waals surface area (Å²) in [6.07, 6.45) is 1.99. The second kappa shape index (κ2) is 5.14. The molecule has 2 rings (SSSR count). The van der Waals surface area contributed by atoms with Gasteiger partial charge in [0.05, 0.1) is 0 Å². The van der Waals surface area contributed by atoms with Crippen LogP contribution >= 0.6 is 0 Å². The Morgan fingerprint density at radius 3 is 2.39 bits per heavy atom.